The molecule has 0 amide bonds. The first kappa shape index (κ1) is 16.6. The molecule has 1 aromatic heterocycles. The minimum absolute atomic E-state index is 0.320. The summed E-state index contributed by atoms with van der Waals surface area (Å²) in [7, 11) is 0. The molecule has 124 valence electrons. The molecule has 25 heavy (non-hydrogen) atoms. The van der Waals surface area contributed by atoms with E-state index in [0.717, 1.165) is 16.7 Å². The Morgan fingerprint density at radius 2 is 1.40 bits per heavy atom. The van der Waals surface area contributed by atoms with Crippen molar-refractivity contribution in [1.29, 1.82) is 0 Å². The van der Waals surface area contributed by atoms with Crippen LogP contribution in [0.2, 0.25) is 0 Å². The van der Waals surface area contributed by atoms with Crippen molar-refractivity contribution in [3.8, 4) is 0 Å². The third kappa shape index (κ3) is 4.38. The van der Waals surface area contributed by atoms with Crippen LogP contribution < -0.4 is 0 Å². The normalized spacial score (nSPS) is 11.5. The summed E-state index contributed by atoms with van der Waals surface area (Å²) in [5.41, 5.74) is 3.37. The van der Waals surface area contributed by atoms with E-state index in [9.17, 15) is 9.90 Å². The summed E-state index contributed by atoms with van der Waals surface area (Å²) in [5, 5.41) is 9.65. The zero-order valence-electron chi connectivity index (χ0n) is 13.6. The van der Waals surface area contributed by atoms with Crippen LogP contribution in [0.5, 0.6) is 0 Å². The van der Waals surface area contributed by atoms with E-state index in [2.05, 4.69) is 9.98 Å². The number of hydrogen-bond acceptors (Lipinski definition) is 3. The van der Waals surface area contributed by atoms with Gasteiger partial charge in [0.15, 0.2) is 6.04 Å². The van der Waals surface area contributed by atoms with Gasteiger partial charge in [-0.2, -0.15) is 0 Å². The Morgan fingerprint density at radius 3 is 1.88 bits per heavy atom. The maximum Gasteiger partial charge on any atom is 0.328 e. The Balaban J connectivity index is 2.02. The van der Waals surface area contributed by atoms with Crippen LogP contribution in [0.3, 0.4) is 0 Å². The number of carboxylic acid groups (broad SMARTS) is 1. The van der Waals surface area contributed by atoms with Crippen LogP contribution in [-0.2, 0) is 11.2 Å². The average molecular weight is 330 g/mol. The van der Waals surface area contributed by atoms with E-state index in [1.165, 1.54) is 0 Å². The van der Waals surface area contributed by atoms with E-state index in [1.54, 1.807) is 12.4 Å². The van der Waals surface area contributed by atoms with Gasteiger partial charge in [0.05, 0.1) is 5.71 Å². The van der Waals surface area contributed by atoms with Gasteiger partial charge in [-0.3, -0.25) is 9.98 Å². The first-order valence-electron chi connectivity index (χ1n) is 8.04. The zero-order valence-corrected chi connectivity index (χ0v) is 13.6. The topological polar surface area (TPSA) is 62.5 Å². The molecule has 0 bridgehead atoms. The van der Waals surface area contributed by atoms with Crippen LogP contribution in [0.4, 0.5) is 0 Å². The molecule has 4 nitrogen and oxygen atoms in total. The molecule has 2 aromatic carbocycles. The molecule has 1 atom stereocenters. The maximum atomic E-state index is 11.8. The largest absolute Gasteiger partial charge is 0.480 e. The smallest absolute Gasteiger partial charge is 0.328 e. The van der Waals surface area contributed by atoms with Crippen molar-refractivity contribution < 1.29 is 9.90 Å². The fourth-order valence-corrected chi connectivity index (χ4v) is 2.59. The molecule has 1 N–H and O–H groups in total. The Labute approximate surface area is 146 Å². The number of carbonyl (C=O) groups is 1. The average Bonchev–Trinajstić information content (AvgIpc) is 2.67. The molecule has 3 rings (SSSR count). The van der Waals surface area contributed by atoms with Gasteiger partial charge in [0.2, 0.25) is 0 Å². The van der Waals surface area contributed by atoms with Gasteiger partial charge >= 0.3 is 5.97 Å². The first-order chi connectivity index (χ1) is 12.2. The van der Waals surface area contributed by atoms with Gasteiger partial charge in [-0.15, -0.1) is 0 Å². The molecule has 4 heteroatoms. The van der Waals surface area contributed by atoms with Gasteiger partial charge in [-0.25, -0.2) is 4.79 Å². The van der Waals surface area contributed by atoms with E-state index in [-0.39, 0.29) is 0 Å². The van der Waals surface area contributed by atoms with Crippen molar-refractivity contribution in [2.45, 2.75) is 12.5 Å². The highest BCUT2D eigenvalue weighted by Gasteiger charge is 2.19. The van der Waals surface area contributed by atoms with Crippen LogP contribution in [0.15, 0.2) is 90.2 Å². The summed E-state index contributed by atoms with van der Waals surface area (Å²) in [6.45, 7) is 0. The molecular formula is C21H18N2O2. The van der Waals surface area contributed by atoms with E-state index in [0.29, 0.717) is 12.1 Å². The summed E-state index contributed by atoms with van der Waals surface area (Å²) in [6.07, 6.45) is 3.64. The summed E-state index contributed by atoms with van der Waals surface area (Å²) in [4.78, 5) is 20.4. The Morgan fingerprint density at radius 1 is 0.880 bits per heavy atom. The Bertz CT molecular complexity index is 805. The predicted octanol–water partition coefficient (Wildman–Crippen LogP) is 3.61. The molecule has 0 saturated heterocycles. The van der Waals surface area contributed by atoms with Gasteiger partial charge in [-0.05, 0) is 17.7 Å². The Hall–Kier alpha value is -3.27. The fourth-order valence-electron chi connectivity index (χ4n) is 2.59. The fraction of sp³-hybridized carbons (Fsp3) is 0.0952. The van der Waals surface area contributed by atoms with Crippen molar-refractivity contribution in [2.24, 2.45) is 4.99 Å². The van der Waals surface area contributed by atoms with Crippen molar-refractivity contribution in [3.05, 3.63) is 102 Å². The number of aliphatic imine (C=N–C) groups is 1. The minimum Gasteiger partial charge on any atom is -0.480 e. The van der Waals surface area contributed by atoms with Gasteiger partial charge in [0.1, 0.15) is 0 Å². The molecule has 0 aliphatic heterocycles. The van der Waals surface area contributed by atoms with Crippen LogP contribution in [0.25, 0.3) is 0 Å². The second-order valence-corrected chi connectivity index (χ2v) is 5.62. The molecule has 3 aromatic rings. The molecule has 1 unspecified atom stereocenters. The second-order valence-electron chi connectivity index (χ2n) is 5.62. The maximum absolute atomic E-state index is 11.8. The van der Waals surface area contributed by atoms with Gasteiger partial charge < -0.3 is 5.11 Å². The third-order valence-electron chi connectivity index (χ3n) is 3.84. The number of nitrogens with zero attached hydrogens (tertiary/aromatic N) is 2. The van der Waals surface area contributed by atoms with E-state index in [1.807, 2.05) is 72.8 Å². The third-order valence-corrected chi connectivity index (χ3v) is 3.84. The SMILES string of the molecule is O=C(O)C(Cc1ccncc1)N=C(c1ccccc1)c1ccccc1. The molecule has 0 spiro atoms. The standard InChI is InChI=1S/C21H18N2O2/c24-21(25)19(15-16-11-13-22-14-12-16)23-20(17-7-3-1-4-8-17)18-9-5-2-6-10-18/h1-14,19H,15H2,(H,24,25). The number of aromatic nitrogens is 1. The lowest BCUT2D eigenvalue weighted by Crippen LogP contribution is -2.23. The van der Waals surface area contributed by atoms with Crippen LogP contribution in [0, 0.1) is 0 Å². The summed E-state index contributed by atoms with van der Waals surface area (Å²) < 4.78 is 0. The highest BCUT2D eigenvalue weighted by Crippen LogP contribution is 2.14. The molecule has 1 heterocycles. The van der Waals surface area contributed by atoms with Crippen molar-refractivity contribution in [3.63, 3.8) is 0 Å². The number of aliphatic carboxylic acids is 1. The number of benzene rings is 2. The van der Waals surface area contributed by atoms with Crippen LogP contribution >= 0.6 is 0 Å². The number of pyridine rings is 1. The highest BCUT2D eigenvalue weighted by atomic mass is 16.4. The number of rotatable bonds is 6. The predicted molar refractivity (Wildman–Crippen MR) is 97.9 cm³/mol. The molecule has 0 saturated carbocycles. The quantitative estimate of drug-likeness (QED) is 0.702. The Kier molecular flexibility index (Phi) is 5.32. The minimum atomic E-state index is -0.943. The van der Waals surface area contributed by atoms with Crippen LogP contribution in [0.1, 0.15) is 16.7 Å². The van der Waals surface area contributed by atoms with Crippen molar-refractivity contribution in [2.75, 3.05) is 0 Å². The number of carboxylic acids is 1. The lowest BCUT2D eigenvalue weighted by atomic mass is 10.0. The monoisotopic (exact) mass is 330 g/mol. The van der Waals surface area contributed by atoms with Crippen molar-refractivity contribution >= 4 is 11.7 Å². The van der Waals surface area contributed by atoms with Crippen LogP contribution in [-0.4, -0.2) is 27.8 Å². The lowest BCUT2D eigenvalue weighted by molar-refractivity contribution is -0.138. The van der Waals surface area contributed by atoms with Gasteiger partial charge in [0, 0.05) is 29.9 Å². The second kappa shape index (κ2) is 8.02. The first-order valence-corrected chi connectivity index (χ1v) is 8.04. The molecule has 0 fully saturated rings. The summed E-state index contributed by atoms with van der Waals surface area (Å²) in [5.74, 6) is -0.943. The molecular weight excluding hydrogens is 312 g/mol. The lowest BCUT2D eigenvalue weighted by Gasteiger charge is -2.13. The molecule has 0 aliphatic carbocycles. The van der Waals surface area contributed by atoms with E-state index < -0.39 is 12.0 Å². The van der Waals surface area contributed by atoms with Gasteiger partial charge in [-0.1, -0.05) is 60.7 Å². The van der Waals surface area contributed by atoms with E-state index >= 15 is 0 Å². The molecule has 0 aliphatic rings. The molecule has 0 radical (unpaired) electrons. The zero-order chi connectivity index (χ0) is 17.5. The summed E-state index contributed by atoms with van der Waals surface area (Å²) in [6, 6.07) is 22.1. The van der Waals surface area contributed by atoms with Crippen molar-refractivity contribution in [1.82, 2.24) is 4.98 Å². The summed E-state index contributed by atoms with van der Waals surface area (Å²) >= 11 is 0. The van der Waals surface area contributed by atoms with Gasteiger partial charge in [0.25, 0.3) is 0 Å². The highest BCUT2D eigenvalue weighted by molar-refractivity contribution is 6.13. The van der Waals surface area contributed by atoms with E-state index in [4.69, 9.17) is 0 Å². The number of hydrogen-bond donors (Lipinski definition) is 1.